The molecule has 0 amide bonds. The fourth-order valence-corrected chi connectivity index (χ4v) is 8.86. The molecule has 0 unspecified atom stereocenters. The third-order valence-electron chi connectivity index (χ3n) is 8.62. The van der Waals surface area contributed by atoms with Crippen LogP contribution in [0, 0.1) is 0 Å². The van der Waals surface area contributed by atoms with Gasteiger partial charge in [-0.15, -0.1) is 0 Å². The van der Waals surface area contributed by atoms with Gasteiger partial charge < -0.3 is 8.98 Å². The van der Waals surface area contributed by atoms with Gasteiger partial charge in [0.25, 0.3) is 0 Å². The number of para-hydroxylation sites is 2. The maximum atomic E-state index is 15.5. The number of fused-ring (bicyclic) bond motifs is 3. The summed E-state index contributed by atoms with van der Waals surface area (Å²) in [5.74, 6) is 0. The van der Waals surface area contributed by atoms with Crippen LogP contribution in [0.25, 0.3) is 55.3 Å². The first kappa shape index (κ1) is 27.1. The third-order valence-corrected chi connectivity index (χ3v) is 11.7. The Labute approximate surface area is 262 Å². The summed E-state index contributed by atoms with van der Waals surface area (Å²) < 4.78 is 21.8. The van der Waals surface area contributed by atoms with Crippen LogP contribution in [0.3, 0.4) is 0 Å². The van der Waals surface area contributed by atoms with Gasteiger partial charge in [-0.1, -0.05) is 170 Å². The second kappa shape index (κ2) is 11.2. The Morgan fingerprint density at radius 3 is 1.31 bits per heavy atom. The van der Waals surface area contributed by atoms with Gasteiger partial charge in [0.1, 0.15) is 11.2 Å². The van der Waals surface area contributed by atoms with Crippen molar-refractivity contribution >= 4 is 45.0 Å². The molecule has 8 rings (SSSR count). The highest BCUT2D eigenvalue weighted by Crippen LogP contribution is 2.44. The SMILES string of the molecule is O=P(c1ccc(-c2ccccc2)cc1)(c1ccc(-c2ccccc2)cc1)c1ccc(-c2cccc3c2oc2ccccc23)cc1. The summed E-state index contributed by atoms with van der Waals surface area (Å²) in [5, 5.41) is 4.61. The molecular formula is C42H29O2P. The molecule has 0 aliphatic heterocycles. The zero-order valence-electron chi connectivity index (χ0n) is 24.5. The van der Waals surface area contributed by atoms with E-state index in [0.717, 1.165) is 71.2 Å². The predicted octanol–water partition coefficient (Wildman–Crippen LogP) is 10.2. The Hall–Kier alpha value is -5.43. The number of rotatable bonds is 6. The molecule has 2 nitrogen and oxygen atoms in total. The minimum Gasteiger partial charge on any atom is -0.455 e. The molecule has 0 fully saturated rings. The van der Waals surface area contributed by atoms with E-state index in [1.807, 2.05) is 91.0 Å². The molecule has 1 aromatic heterocycles. The maximum absolute atomic E-state index is 15.5. The minimum atomic E-state index is -3.21. The summed E-state index contributed by atoms with van der Waals surface area (Å²) in [6, 6.07) is 59.5. The summed E-state index contributed by atoms with van der Waals surface area (Å²) in [7, 11) is -3.21. The molecule has 214 valence electrons. The highest BCUT2D eigenvalue weighted by atomic mass is 31.2. The average molecular weight is 597 g/mol. The fraction of sp³-hybridized carbons (Fsp3) is 0. The molecule has 0 N–H and O–H groups in total. The lowest BCUT2D eigenvalue weighted by Crippen LogP contribution is -2.25. The summed E-state index contributed by atoms with van der Waals surface area (Å²) in [6.07, 6.45) is 0. The van der Waals surface area contributed by atoms with Gasteiger partial charge in [-0.2, -0.15) is 0 Å². The molecule has 0 bridgehead atoms. The molecule has 0 saturated heterocycles. The molecular weight excluding hydrogens is 567 g/mol. The van der Waals surface area contributed by atoms with Crippen LogP contribution >= 0.6 is 7.14 Å². The highest BCUT2D eigenvalue weighted by Gasteiger charge is 2.30. The first-order valence-corrected chi connectivity index (χ1v) is 16.8. The molecule has 0 atom stereocenters. The smallest absolute Gasteiger partial charge is 0.171 e. The molecule has 0 aliphatic carbocycles. The van der Waals surface area contributed by atoms with Crippen LogP contribution < -0.4 is 15.9 Å². The summed E-state index contributed by atoms with van der Waals surface area (Å²) in [6.45, 7) is 0. The zero-order valence-corrected chi connectivity index (χ0v) is 25.4. The second-order valence-electron chi connectivity index (χ2n) is 11.3. The Balaban J connectivity index is 1.23. The normalized spacial score (nSPS) is 11.6. The van der Waals surface area contributed by atoms with Gasteiger partial charge in [0.05, 0.1) is 0 Å². The van der Waals surface area contributed by atoms with E-state index in [9.17, 15) is 0 Å². The Morgan fingerprint density at radius 2 is 0.778 bits per heavy atom. The van der Waals surface area contributed by atoms with E-state index < -0.39 is 7.14 Å². The van der Waals surface area contributed by atoms with Crippen LogP contribution in [0.4, 0.5) is 0 Å². The largest absolute Gasteiger partial charge is 0.455 e. The molecule has 3 heteroatoms. The molecule has 8 aromatic rings. The van der Waals surface area contributed by atoms with Crippen molar-refractivity contribution in [2.75, 3.05) is 0 Å². The van der Waals surface area contributed by atoms with Gasteiger partial charge in [0, 0.05) is 32.2 Å². The van der Waals surface area contributed by atoms with Crippen molar-refractivity contribution in [1.82, 2.24) is 0 Å². The first-order chi connectivity index (χ1) is 22.2. The van der Waals surface area contributed by atoms with E-state index in [-0.39, 0.29) is 0 Å². The third kappa shape index (κ3) is 4.81. The van der Waals surface area contributed by atoms with Crippen LogP contribution in [-0.2, 0) is 4.57 Å². The topological polar surface area (TPSA) is 30.2 Å². The highest BCUT2D eigenvalue weighted by molar-refractivity contribution is 7.85. The van der Waals surface area contributed by atoms with Crippen LogP contribution in [-0.4, -0.2) is 0 Å². The predicted molar refractivity (Wildman–Crippen MR) is 189 cm³/mol. The summed E-state index contributed by atoms with van der Waals surface area (Å²) in [4.78, 5) is 0. The number of benzene rings is 7. The quantitative estimate of drug-likeness (QED) is 0.179. The molecule has 0 saturated carbocycles. The lowest BCUT2D eigenvalue weighted by Gasteiger charge is -2.21. The van der Waals surface area contributed by atoms with Crippen molar-refractivity contribution < 1.29 is 8.98 Å². The van der Waals surface area contributed by atoms with Crippen molar-refractivity contribution in [3.8, 4) is 33.4 Å². The molecule has 0 aliphatic rings. The molecule has 1 heterocycles. The molecule has 0 radical (unpaired) electrons. The molecule has 0 spiro atoms. The lowest BCUT2D eigenvalue weighted by molar-refractivity contribution is 0.592. The molecule has 45 heavy (non-hydrogen) atoms. The Bertz CT molecular complexity index is 2210. The van der Waals surface area contributed by atoms with Gasteiger partial charge >= 0.3 is 0 Å². The van der Waals surface area contributed by atoms with Gasteiger partial charge in [-0.25, -0.2) is 0 Å². The van der Waals surface area contributed by atoms with E-state index >= 15 is 4.57 Å². The van der Waals surface area contributed by atoms with Crippen molar-refractivity contribution in [1.29, 1.82) is 0 Å². The monoisotopic (exact) mass is 596 g/mol. The average Bonchev–Trinajstić information content (AvgIpc) is 3.51. The van der Waals surface area contributed by atoms with Crippen molar-refractivity contribution in [3.63, 3.8) is 0 Å². The lowest BCUT2D eigenvalue weighted by atomic mass is 10.0. The van der Waals surface area contributed by atoms with E-state index in [1.54, 1.807) is 0 Å². The fourth-order valence-electron chi connectivity index (χ4n) is 6.26. The van der Waals surface area contributed by atoms with E-state index in [1.165, 1.54) is 0 Å². The van der Waals surface area contributed by atoms with Crippen LogP contribution in [0.2, 0.25) is 0 Å². The Kier molecular flexibility index (Phi) is 6.78. The summed E-state index contributed by atoms with van der Waals surface area (Å²) >= 11 is 0. The van der Waals surface area contributed by atoms with Crippen molar-refractivity contribution in [2.45, 2.75) is 0 Å². The van der Waals surface area contributed by atoms with Crippen LogP contribution in [0.1, 0.15) is 0 Å². The minimum absolute atomic E-state index is 0.794. The zero-order chi connectivity index (χ0) is 30.2. The maximum Gasteiger partial charge on any atom is 0.171 e. The molecule has 7 aromatic carbocycles. The standard InChI is InChI=1S/C42H29O2P/c43-45(35-24-18-32(19-25-35)30-10-3-1-4-11-30,36-26-20-33(21-27-36)31-12-5-2-6-13-31)37-28-22-34(23-29-37)38-15-9-16-40-39-14-7-8-17-41(39)44-42(38)40/h1-29H. The van der Waals surface area contributed by atoms with E-state index in [2.05, 4.69) is 84.9 Å². The van der Waals surface area contributed by atoms with Gasteiger partial charge in [-0.3, -0.25) is 0 Å². The van der Waals surface area contributed by atoms with E-state index in [4.69, 9.17) is 4.42 Å². The number of furan rings is 1. The number of hydrogen-bond acceptors (Lipinski definition) is 2. The van der Waals surface area contributed by atoms with E-state index in [0.29, 0.717) is 0 Å². The Morgan fingerprint density at radius 1 is 0.356 bits per heavy atom. The van der Waals surface area contributed by atoms with Gasteiger partial charge in [0.15, 0.2) is 7.14 Å². The van der Waals surface area contributed by atoms with Gasteiger partial charge in [0.2, 0.25) is 0 Å². The first-order valence-electron chi connectivity index (χ1n) is 15.1. The van der Waals surface area contributed by atoms with Crippen LogP contribution in [0.5, 0.6) is 0 Å². The summed E-state index contributed by atoms with van der Waals surface area (Å²) in [5.41, 5.74) is 8.24. The number of hydrogen-bond donors (Lipinski definition) is 0. The van der Waals surface area contributed by atoms with Crippen molar-refractivity contribution in [3.05, 3.63) is 176 Å². The second-order valence-corrected chi connectivity index (χ2v) is 14.0. The van der Waals surface area contributed by atoms with Crippen molar-refractivity contribution in [2.24, 2.45) is 0 Å². The van der Waals surface area contributed by atoms with Gasteiger partial charge in [-0.05, 0) is 33.9 Å². The van der Waals surface area contributed by atoms with Crippen LogP contribution in [0.15, 0.2) is 180 Å².